The van der Waals surface area contributed by atoms with Gasteiger partial charge >= 0.3 is 0 Å². The Morgan fingerprint density at radius 3 is 2.65 bits per heavy atom. The van der Waals surface area contributed by atoms with E-state index < -0.39 is 0 Å². The average Bonchev–Trinajstić information content (AvgIpc) is 2.32. The van der Waals surface area contributed by atoms with Crippen molar-refractivity contribution in [1.29, 1.82) is 0 Å². The van der Waals surface area contributed by atoms with Gasteiger partial charge in [-0.15, -0.1) is 0 Å². The average molecular weight is 294 g/mol. The lowest BCUT2D eigenvalue weighted by atomic mass is 10.2. The molecule has 0 bridgehead atoms. The van der Waals surface area contributed by atoms with Crippen molar-refractivity contribution in [3.63, 3.8) is 0 Å². The molecule has 0 unspecified atom stereocenters. The molecule has 3 nitrogen and oxygen atoms in total. The van der Waals surface area contributed by atoms with Crippen molar-refractivity contribution in [1.82, 2.24) is 0 Å². The van der Waals surface area contributed by atoms with Gasteiger partial charge in [0, 0.05) is 10.2 Å². The van der Waals surface area contributed by atoms with Crippen LogP contribution in [0, 0.1) is 0 Å². The van der Waals surface area contributed by atoms with Gasteiger partial charge in [-0.2, -0.15) is 0 Å². The fourth-order valence-corrected chi connectivity index (χ4v) is 1.67. The van der Waals surface area contributed by atoms with Crippen molar-refractivity contribution >= 4 is 21.6 Å². The Morgan fingerprint density at radius 2 is 1.94 bits per heavy atom. The molecule has 0 aliphatic rings. The van der Waals surface area contributed by atoms with Gasteiger partial charge in [0.15, 0.2) is 11.5 Å². The number of para-hydroxylation sites is 2. The molecule has 2 rings (SSSR count). The summed E-state index contributed by atoms with van der Waals surface area (Å²) in [6, 6.07) is 12.5. The molecule has 0 radical (unpaired) electrons. The van der Waals surface area contributed by atoms with E-state index in [1.165, 1.54) is 0 Å². The van der Waals surface area contributed by atoms with Gasteiger partial charge < -0.3 is 15.6 Å². The van der Waals surface area contributed by atoms with Crippen LogP contribution in [0.25, 0.3) is 0 Å². The zero-order chi connectivity index (χ0) is 12.3. The minimum absolute atomic E-state index is 0.137. The lowest BCUT2D eigenvalue weighted by Gasteiger charge is -2.08. The minimum Gasteiger partial charge on any atom is -0.504 e. The van der Waals surface area contributed by atoms with Crippen LogP contribution in [0.15, 0.2) is 46.9 Å². The van der Waals surface area contributed by atoms with Crippen LogP contribution >= 0.6 is 15.9 Å². The van der Waals surface area contributed by atoms with Crippen molar-refractivity contribution in [2.45, 2.75) is 6.61 Å². The number of phenols is 1. The van der Waals surface area contributed by atoms with Gasteiger partial charge in [-0.25, -0.2) is 0 Å². The zero-order valence-corrected chi connectivity index (χ0v) is 10.6. The standard InChI is InChI=1S/C13H12BrNO2/c14-10-6-5-9(7-11(10)15)8-17-13-4-2-1-3-12(13)16/h1-7,16H,8,15H2. The highest BCUT2D eigenvalue weighted by molar-refractivity contribution is 9.10. The molecular weight excluding hydrogens is 282 g/mol. The third-order valence-corrected chi connectivity index (χ3v) is 3.04. The van der Waals surface area contributed by atoms with E-state index in [1.807, 2.05) is 24.3 Å². The van der Waals surface area contributed by atoms with E-state index in [2.05, 4.69) is 15.9 Å². The normalized spacial score (nSPS) is 10.2. The van der Waals surface area contributed by atoms with Gasteiger partial charge in [0.2, 0.25) is 0 Å². The van der Waals surface area contributed by atoms with Crippen LogP contribution in [0.5, 0.6) is 11.5 Å². The number of anilines is 1. The summed E-state index contributed by atoms with van der Waals surface area (Å²) in [5.41, 5.74) is 7.39. The third-order valence-electron chi connectivity index (χ3n) is 2.32. The van der Waals surface area contributed by atoms with Crippen molar-refractivity contribution in [2.75, 3.05) is 5.73 Å². The second-order valence-electron chi connectivity index (χ2n) is 3.61. The predicted molar refractivity (Wildman–Crippen MR) is 71.0 cm³/mol. The van der Waals surface area contributed by atoms with Crippen LogP contribution in [0.4, 0.5) is 5.69 Å². The molecule has 0 saturated heterocycles. The van der Waals surface area contributed by atoms with Gasteiger partial charge in [-0.3, -0.25) is 0 Å². The molecule has 0 amide bonds. The summed E-state index contributed by atoms with van der Waals surface area (Å²) in [7, 11) is 0. The Hall–Kier alpha value is -1.68. The number of hydrogen-bond donors (Lipinski definition) is 2. The molecule has 0 aliphatic carbocycles. The van der Waals surface area contributed by atoms with Crippen molar-refractivity contribution in [2.24, 2.45) is 0 Å². The molecule has 88 valence electrons. The molecular formula is C13H12BrNO2. The molecule has 0 fully saturated rings. The number of ether oxygens (including phenoxy) is 1. The summed E-state index contributed by atoms with van der Waals surface area (Å²) in [6.07, 6.45) is 0. The van der Waals surface area contributed by atoms with Crippen LogP contribution in [0.2, 0.25) is 0 Å². The lowest BCUT2D eigenvalue weighted by Crippen LogP contribution is -1.97. The molecule has 0 heterocycles. The van der Waals surface area contributed by atoms with E-state index in [-0.39, 0.29) is 5.75 Å². The van der Waals surface area contributed by atoms with Gasteiger partial charge in [-0.1, -0.05) is 18.2 Å². The zero-order valence-electron chi connectivity index (χ0n) is 9.06. The van der Waals surface area contributed by atoms with E-state index in [1.54, 1.807) is 18.2 Å². The highest BCUT2D eigenvalue weighted by Crippen LogP contribution is 2.26. The Kier molecular flexibility index (Phi) is 3.54. The molecule has 0 spiro atoms. The quantitative estimate of drug-likeness (QED) is 0.854. The molecule has 0 saturated carbocycles. The topological polar surface area (TPSA) is 55.5 Å². The van der Waals surface area contributed by atoms with E-state index >= 15 is 0 Å². The highest BCUT2D eigenvalue weighted by Gasteiger charge is 2.02. The molecule has 0 aromatic heterocycles. The van der Waals surface area contributed by atoms with Gasteiger partial charge in [0.25, 0.3) is 0 Å². The fourth-order valence-electron chi connectivity index (χ4n) is 1.42. The van der Waals surface area contributed by atoms with E-state index in [0.717, 1.165) is 10.0 Å². The molecule has 0 aliphatic heterocycles. The summed E-state index contributed by atoms with van der Waals surface area (Å²) in [5, 5.41) is 9.53. The third kappa shape index (κ3) is 2.91. The first kappa shape index (κ1) is 11.8. The molecule has 3 N–H and O–H groups in total. The number of aromatic hydroxyl groups is 1. The van der Waals surface area contributed by atoms with Crippen molar-refractivity contribution < 1.29 is 9.84 Å². The number of nitrogens with two attached hydrogens (primary N) is 1. The van der Waals surface area contributed by atoms with Crippen LogP contribution in [-0.4, -0.2) is 5.11 Å². The Bertz CT molecular complexity index is 529. The Morgan fingerprint density at radius 1 is 1.18 bits per heavy atom. The van der Waals surface area contributed by atoms with Crippen LogP contribution < -0.4 is 10.5 Å². The smallest absolute Gasteiger partial charge is 0.161 e. The van der Waals surface area contributed by atoms with Gasteiger partial charge in [-0.05, 0) is 45.8 Å². The maximum absolute atomic E-state index is 9.53. The first-order valence-electron chi connectivity index (χ1n) is 5.11. The summed E-state index contributed by atoms with van der Waals surface area (Å²) < 4.78 is 6.36. The minimum atomic E-state index is 0.137. The van der Waals surface area contributed by atoms with Crippen LogP contribution in [-0.2, 0) is 6.61 Å². The SMILES string of the molecule is Nc1cc(COc2ccccc2O)ccc1Br. The van der Waals surface area contributed by atoms with Crippen LogP contribution in [0.3, 0.4) is 0 Å². The number of halogens is 1. The van der Waals surface area contributed by atoms with Crippen molar-refractivity contribution in [3.05, 3.63) is 52.5 Å². The second-order valence-corrected chi connectivity index (χ2v) is 4.47. The number of hydrogen-bond acceptors (Lipinski definition) is 3. The van der Waals surface area contributed by atoms with Gasteiger partial charge in [0.1, 0.15) is 6.61 Å². The largest absolute Gasteiger partial charge is 0.504 e. The Labute approximate surface area is 108 Å². The van der Waals surface area contributed by atoms with E-state index in [0.29, 0.717) is 18.0 Å². The monoisotopic (exact) mass is 293 g/mol. The van der Waals surface area contributed by atoms with Crippen molar-refractivity contribution in [3.8, 4) is 11.5 Å². The number of phenolic OH excluding ortho intramolecular Hbond substituents is 1. The maximum atomic E-state index is 9.53. The molecule has 2 aromatic rings. The number of nitrogen functional groups attached to an aromatic ring is 1. The first-order valence-corrected chi connectivity index (χ1v) is 5.91. The Balaban J connectivity index is 2.08. The second kappa shape index (κ2) is 5.10. The van der Waals surface area contributed by atoms with Crippen LogP contribution in [0.1, 0.15) is 5.56 Å². The van der Waals surface area contributed by atoms with Gasteiger partial charge in [0.05, 0.1) is 0 Å². The molecule has 4 heteroatoms. The lowest BCUT2D eigenvalue weighted by molar-refractivity contribution is 0.289. The number of benzene rings is 2. The summed E-state index contributed by atoms with van der Waals surface area (Å²) in [4.78, 5) is 0. The first-order chi connectivity index (χ1) is 8.16. The maximum Gasteiger partial charge on any atom is 0.161 e. The van der Waals surface area contributed by atoms with E-state index in [4.69, 9.17) is 10.5 Å². The fraction of sp³-hybridized carbons (Fsp3) is 0.0769. The molecule has 2 aromatic carbocycles. The summed E-state index contributed by atoms with van der Waals surface area (Å²) in [6.45, 7) is 0.370. The predicted octanol–water partition coefficient (Wildman–Crippen LogP) is 3.32. The summed E-state index contributed by atoms with van der Waals surface area (Å²) in [5.74, 6) is 0.603. The highest BCUT2D eigenvalue weighted by atomic mass is 79.9. The van der Waals surface area contributed by atoms with E-state index in [9.17, 15) is 5.11 Å². The number of rotatable bonds is 3. The molecule has 0 atom stereocenters. The summed E-state index contributed by atoms with van der Waals surface area (Å²) >= 11 is 3.33. The molecule has 17 heavy (non-hydrogen) atoms.